The summed E-state index contributed by atoms with van der Waals surface area (Å²) in [5.41, 5.74) is 1.34. The van der Waals surface area contributed by atoms with Gasteiger partial charge in [-0.3, -0.25) is 9.59 Å². The molecule has 162 valence electrons. The van der Waals surface area contributed by atoms with Gasteiger partial charge in [0.05, 0.1) is 12.1 Å². The fourth-order valence-electron chi connectivity index (χ4n) is 5.44. The van der Waals surface area contributed by atoms with E-state index in [9.17, 15) is 19.2 Å². The second kappa shape index (κ2) is 6.86. The van der Waals surface area contributed by atoms with Crippen molar-refractivity contribution in [2.75, 3.05) is 0 Å². The number of esters is 4. The van der Waals surface area contributed by atoms with Gasteiger partial charge in [-0.15, -0.1) is 0 Å². The molecule has 0 N–H and O–H groups in total. The third kappa shape index (κ3) is 2.58. The molecule has 0 spiro atoms. The number of hydrogen-bond donors (Lipinski definition) is 0. The van der Waals surface area contributed by atoms with Crippen molar-refractivity contribution < 1.29 is 28.7 Å². The van der Waals surface area contributed by atoms with Crippen LogP contribution < -0.4 is 0 Å². The highest BCUT2D eigenvalue weighted by Crippen LogP contribution is 2.58. The van der Waals surface area contributed by atoms with E-state index in [1.165, 1.54) is 0 Å². The van der Waals surface area contributed by atoms with Crippen molar-refractivity contribution in [3.05, 3.63) is 69.7 Å². The van der Waals surface area contributed by atoms with Crippen LogP contribution in [-0.4, -0.2) is 46.0 Å². The molecule has 0 bridgehead atoms. The number of hydrazine groups is 1. The Kier molecular flexibility index (Phi) is 4.26. The van der Waals surface area contributed by atoms with E-state index >= 15 is 0 Å². The average Bonchev–Trinajstić information content (AvgIpc) is 3.43. The standard InChI is InChI=1S/C22H14Cl2N2O6/c23-11-5-1-9(2-6-11)15-13-17(21(29)31-19(13)27)26-16(10-3-7-12(24)8-4-10)14-18(25(15)26)22(30)32-20(14)28/h1-8,13-18H/t13-,14+,15-,16-,17-,18+/m0/s1. The molecule has 4 saturated heterocycles. The van der Waals surface area contributed by atoms with Crippen LogP contribution in [0.15, 0.2) is 48.5 Å². The van der Waals surface area contributed by atoms with Crippen LogP contribution in [0.25, 0.3) is 0 Å². The van der Waals surface area contributed by atoms with Crippen LogP contribution in [0.5, 0.6) is 0 Å². The van der Waals surface area contributed by atoms with Gasteiger partial charge in [0.2, 0.25) is 0 Å². The molecule has 4 aliphatic heterocycles. The van der Waals surface area contributed by atoms with E-state index in [4.69, 9.17) is 32.7 Å². The van der Waals surface area contributed by atoms with Gasteiger partial charge in [0, 0.05) is 10.0 Å². The lowest BCUT2D eigenvalue weighted by Crippen LogP contribution is -2.45. The molecular formula is C22H14Cl2N2O6. The normalized spacial score (nSPS) is 33.8. The minimum absolute atomic E-state index is 0.499. The van der Waals surface area contributed by atoms with Gasteiger partial charge in [0.15, 0.2) is 0 Å². The van der Waals surface area contributed by atoms with Gasteiger partial charge < -0.3 is 9.47 Å². The predicted octanol–water partition coefficient (Wildman–Crippen LogP) is 2.46. The third-order valence-corrected chi connectivity index (χ3v) is 7.12. The highest BCUT2D eigenvalue weighted by molar-refractivity contribution is 6.30. The molecule has 32 heavy (non-hydrogen) atoms. The van der Waals surface area contributed by atoms with Gasteiger partial charge in [0.1, 0.15) is 23.9 Å². The Morgan fingerprint density at radius 2 is 0.875 bits per heavy atom. The molecule has 0 saturated carbocycles. The van der Waals surface area contributed by atoms with E-state index in [1.54, 1.807) is 58.5 Å². The lowest BCUT2D eigenvalue weighted by Gasteiger charge is -2.33. The largest absolute Gasteiger partial charge is 0.392 e. The maximum atomic E-state index is 12.8. The molecule has 4 heterocycles. The number of ether oxygens (including phenoxy) is 2. The van der Waals surface area contributed by atoms with Crippen LogP contribution in [0.1, 0.15) is 23.2 Å². The Morgan fingerprint density at radius 3 is 1.22 bits per heavy atom. The van der Waals surface area contributed by atoms with E-state index in [0.29, 0.717) is 21.2 Å². The Bertz CT molecular complexity index is 1090. The third-order valence-electron chi connectivity index (χ3n) is 6.62. The molecule has 0 aromatic heterocycles. The summed E-state index contributed by atoms with van der Waals surface area (Å²) >= 11 is 12.1. The van der Waals surface area contributed by atoms with Crippen molar-refractivity contribution in [3.63, 3.8) is 0 Å². The fraction of sp³-hybridized carbons (Fsp3) is 0.273. The zero-order chi connectivity index (χ0) is 22.3. The number of nitrogens with zero attached hydrogens (tertiary/aromatic N) is 2. The summed E-state index contributed by atoms with van der Waals surface area (Å²) in [7, 11) is 0. The van der Waals surface area contributed by atoms with Crippen LogP contribution in [-0.2, 0) is 28.7 Å². The zero-order valence-corrected chi connectivity index (χ0v) is 17.7. The van der Waals surface area contributed by atoms with Crippen molar-refractivity contribution >= 4 is 47.1 Å². The van der Waals surface area contributed by atoms with E-state index < -0.39 is 59.9 Å². The Hall–Kier alpha value is -2.78. The number of fused-ring (bicyclic) bond motifs is 5. The van der Waals surface area contributed by atoms with Gasteiger partial charge in [-0.05, 0) is 35.4 Å². The minimum atomic E-state index is -0.977. The van der Waals surface area contributed by atoms with E-state index in [-0.39, 0.29) is 0 Å². The summed E-state index contributed by atoms with van der Waals surface area (Å²) in [5.74, 6) is -4.50. The van der Waals surface area contributed by atoms with Crippen molar-refractivity contribution in [2.24, 2.45) is 11.8 Å². The molecule has 6 rings (SSSR count). The Balaban J connectivity index is 1.56. The number of rotatable bonds is 2. The topological polar surface area (TPSA) is 93.2 Å². The fourth-order valence-corrected chi connectivity index (χ4v) is 5.70. The van der Waals surface area contributed by atoms with Crippen LogP contribution in [0.2, 0.25) is 10.0 Å². The van der Waals surface area contributed by atoms with E-state index in [1.807, 2.05) is 0 Å². The van der Waals surface area contributed by atoms with E-state index in [2.05, 4.69) is 0 Å². The molecule has 2 aromatic rings. The quantitative estimate of drug-likeness (QED) is 0.485. The van der Waals surface area contributed by atoms with Gasteiger partial charge in [-0.25, -0.2) is 19.6 Å². The molecule has 0 amide bonds. The molecule has 8 nitrogen and oxygen atoms in total. The summed E-state index contributed by atoms with van der Waals surface area (Å²) in [6.07, 6.45) is 0. The van der Waals surface area contributed by atoms with Gasteiger partial charge in [0.25, 0.3) is 0 Å². The summed E-state index contributed by atoms with van der Waals surface area (Å²) < 4.78 is 9.99. The zero-order valence-electron chi connectivity index (χ0n) is 16.2. The molecule has 0 radical (unpaired) electrons. The molecule has 6 atom stereocenters. The molecule has 0 aliphatic carbocycles. The first-order chi connectivity index (χ1) is 15.4. The monoisotopic (exact) mass is 472 g/mol. The second-order valence-electron chi connectivity index (χ2n) is 8.17. The first-order valence-electron chi connectivity index (χ1n) is 9.95. The molecule has 4 aliphatic rings. The number of halogens is 2. The number of cyclic esters (lactones) is 4. The number of hydrogen-bond acceptors (Lipinski definition) is 8. The predicted molar refractivity (Wildman–Crippen MR) is 109 cm³/mol. The first kappa shape index (κ1) is 19.9. The van der Waals surface area contributed by atoms with Crippen molar-refractivity contribution in [1.29, 1.82) is 0 Å². The van der Waals surface area contributed by atoms with Crippen molar-refractivity contribution in [3.8, 4) is 0 Å². The Labute approximate surface area is 191 Å². The van der Waals surface area contributed by atoms with Gasteiger partial charge in [-0.2, -0.15) is 0 Å². The smallest absolute Gasteiger partial charge is 0.333 e. The first-order valence-corrected chi connectivity index (χ1v) is 10.7. The van der Waals surface area contributed by atoms with Gasteiger partial charge >= 0.3 is 23.9 Å². The van der Waals surface area contributed by atoms with Crippen molar-refractivity contribution in [2.45, 2.75) is 24.2 Å². The number of carbonyl (C=O) groups excluding carboxylic acids is 4. The summed E-state index contributed by atoms with van der Waals surface area (Å²) in [6.45, 7) is 0. The summed E-state index contributed by atoms with van der Waals surface area (Å²) in [4.78, 5) is 51.1. The van der Waals surface area contributed by atoms with Crippen LogP contribution in [0, 0.1) is 11.8 Å². The lowest BCUT2D eigenvalue weighted by molar-refractivity contribution is -0.167. The maximum Gasteiger partial charge on any atom is 0.333 e. The number of carbonyl (C=O) groups is 4. The molecule has 2 aromatic carbocycles. The highest BCUT2D eigenvalue weighted by Gasteiger charge is 2.72. The average molecular weight is 473 g/mol. The highest BCUT2D eigenvalue weighted by atomic mass is 35.5. The molecule has 10 heteroatoms. The van der Waals surface area contributed by atoms with E-state index in [0.717, 1.165) is 0 Å². The number of benzene rings is 2. The second-order valence-corrected chi connectivity index (χ2v) is 9.05. The Morgan fingerprint density at radius 1 is 0.531 bits per heavy atom. The molecular weight excluding hydrogens is 459 g/mol. The summed E-state index contributed by atoms with van der Waals surface area (Å²) in [6, 6.07) is 10.2. The van der Waals surface area contributed by atoms with Gasteiger partial charge in [-0.1, -0.05) is 47.5 Å². The lowest BCUT2D eigenvalue weighted by atomic mass is 9.84. The maximum absolute atomic E-state index is 12.8. The SMILES string of the molecule is O=C1OC(=O)[C@@H]2[C@@H]1[C@H](c1ccc(Cl)cc1)N1[C@H]3C(=O)OC(=O)[C@@H]3[C@H](c3ccc(Cl)cc3)N21. The van der Waals surface area contributed by atoms with Crippen LogP contribution >= 0.6 is 23.2 Å². The summed E-state index contributed by atoms with van der Waals surface area (Å²) in [5, 5.41) is 4.32. The minimum Gasteiger partial charge on any atom is -0.392 e. The van der Waals surface area contributed by atoms with Crippen LogP contribution in [0.4, 0.5) is 0 Å². The molecule has 0 unspecified atom stereocenters. The van der Waals surface area contributed by atoms with Crippen molar-refractivity contribution in [1.82, 2.24) is 10.0 Å². The molecule has 4 fully saturated rings. The van der Waals surface area contributed by atoms with Crippen LogP contribution in [0.3, 0.4) is 0 Å².